The summed E-state index contributed by atoms with van der Waals surface area (Å²) in [5.74, 6) is -0.527. The van der Waals surface area contributed by atoms with E-state index in [1.165, 1.54) is 6.07 Å². The van der Waals surface area contributed by atoms with Gasteiger partial charge >= 0.3 is 0 Å². The minimum absolute atomic E-state index is 0.0752. The highest BCUT2D eigenvalue weighted by atomic mass is 19.1. The Kier molecular flexibility index (Phi) is 1.71. The van der Waals surface area contributed by atoms with Crippen LogP contribution >= 0.6 is 0 Å². The number of hydrogen-bond donors (Lipinski definition) is 1. The lowest BCUT2D eigenvalue weighted by Crippen LogP contribution is -2.08. The summed E-state index contributed by atoms with van der Waals surface area (Å²) in [4.78, 5) is 17.1. The average molecular weight is 278 g/mol. The number of halogens is 1. The van der Waals surface area contributed by atoms with Gasteiger partial charge in [0, 0.05) is 5.39 Å². The van der Waals surface area contributed by atoms with E-state index in [4.69, 9.17) is 0 Å². The van der Waals surface area contributed by atoms with Gasteiger partial charge in [-0.3, -0.25) is 14.3 Å². The smallest absolute Gasteiger partial charge is 0.201 e. The lowest BCUT2D eigenvalue weighted by Gasteiger charge is -2.06. The Hall–Kier alpha value is -3.02. The number of benzene rings is 2. The summed E-state index contributed by atoms with van der Waals surface area (Å²) in [6.45, 7) is 0. The number of nitrogens with zero attached hydrogens (tertiary/aromatic N) is 3. The molecule has 0 saturated carbocycles. The third kappa shape index (κ3) is 1.13. The van der Waals surface area contributed by atoms with Gasteiger partial charge in [-0.2, -0.15) is 5.10 Å². The van der Waals surface area contributed by atoms with Crippen LogP contribution in [0, 0.1) is 5.82 Å². The summed E-state index contributed by atoms with van der Waals surface area (Å²) in [7, 11) is 0. The van der Waals surface area contributed by atoms with E-state index in [0.717, 1.165) is 5.52 Å². The molecule has 3 aromatic heterocycles. The predicted octanol–water partition coefficient (Wildman–Crippen LogP) is 2.45. The van der Waals surface area contributed by atoms with Gasteiger partial charge in [-0.25, -0.2) is 9.37 Å². The molecule has 0 aliphatic heterocycles. The molecule has 5 nitrogen and oxygen atoms in total. The standard InChI is InChI=1S/C15H7FN4O/c16-8-1-2-10-14-13(8)15(21)12-7-5-18-19-9(7)3-4-11(12)20(14)6-17-10/h1-6H,(H,18,19). The number of imidazole rings is 1. The molecule has 5 aromatic rings. The highest BCUT2D eigenvalue weighted by molar-refractivity contribution is 6.10. The summed E-state index contributed by atoms with van der Waals surface area (Å²) >= 11 is 0. The van der Waals surface area contributed by atoms with Gasteiger partial charge in [0.2, 0.25) is 5.43 Å². The molecular formula is C15H7FN4O. The number of hydrogen-bond acceptors (Lipinski definition) is 3. The molecule has 0 bridgehead atoms. The third-order valence-electron chi connectivity index (χ3n) is 3.97. The average Bonchev–Trinajstić information content (AvgIpc) is 3.11. The number of rotatable bonds is 0. The van der Waals surface area contributed by atoms with Crippen LogP contribution in [-0.4, -0.2) is 19.6 Å². The number of fused-ring (bicyclic) bond motifs is 4. The first-order valence-electron chi connectivity index (χ1n) is 6.42. The van der Waals surface area contributed by atoms with Crippen molar-refractivity contribution in [3.8, 4) is 0 Å². The minimum Gasteiger partial charge on any atom is -0.297 e. The van der Waals surface area contributed by atoms with Gasteiger partial charge < -0.3 is 0 Å². The van der Waals surface area contributed by atoms with E-state index in [1.807, 2.05) is 12.1 Å². The van der Waals surface area contributed by atoms with Gasteiger partial charge in [-0.1, -0.05) is 0 Å². The normalized spacial score (nSPS) is 12.2. The van der Waals surface area contributed by atoms with E-state index in [0.29, 0.717) is 27.3 Å². The van der Waals surface area contributed by atoms with Gasteiger partial charge in [0.05, 0.1) is 39.0 Å². The maximum absolute atomic E-state index is 14.2. The van der Waals surface area contributed by atoms with E-state index >= 15 is 0 Å². The second-order valence-corrected chi connectivity index (χ2v) is 5.02. The third-order valence-corrected chi connectivity index (χ3v) is 3.97. The van der Waals surface area contributed by atoms with Crippen LogP contribution in [0.25, 0.3) is 38.2 Å². The summed E-state index contributed by atoms with van der Waals surface area (Å²) in [5, 5.41) is 8.01. The SMILES string of the molecule is O=c1c2c(F)ccc3ncn(c4ccc5[nH]ncc5c14)c32. The lowest BCUT2D eigenvalue weighted by atomic mass is 10.1. The predicted molar refractivity (Wildman–Crippen MR) is 77.3 cm³/mol. The Balaban J connectivity index is 2.29. The Bertz CT molecular complexity index is 1220. The monoisotopic (exact) mass is 278 g/mol. The Morgan fingerprint density at radius 1 is 1.14 bits per heavy atom. The van der Waals surface area contributed by atoms with Crippen molar-refractivity contribution in [3.05, 3.63) is 52.8 Å². The molecule has 100 valence electrons. The molecule has 0 unspecified atom stereocenters. The Morgan fingerprint density at radius 3 is 2.95 bits per heavy atom. The number of aromatic nitrogens is 4. The van der Waals surface area contributed by atoms with E-state index in [9.17, 15) is 9.18 Å². The molecule has 0 spiro atoms. The fourth-order valence-electron chi connectivity index (χ4n) is 3.05. The van der Waals surface area contributed by atoms with Crippen LogP contribution in [0.15, 0.2) is 41.6 Å². The van der Waals surface area contributed by atoms with Gasteiger partial charge in [0.1, 0.15) is 12.1 Å². The number of pyridine rings is 1. The molecule has 1 N–H and O–H groups in total. The zero-order valence-corrected chi connectivity index (χ0v) is 10.6. The molecule has 0 amide bonds. The first kappa shape index (κ1) is 10.7. The zero-order chi connectivity index (χ0) is 14.1. The summed E-state index contributed by atoms with van der Waals surface area (Å²) in [6.07, 6.45) is 3.21. The van der Waals surface area contributed by atoms with Crippen LogP contribution in [-0.2, 0) is 0 Å². The quantitative estimate of drug-likeness (QED) is 0.442. The maximum Gasteiger partial charge on any atom is 0.201 e. The van der Waals surface area contributed by atoms with Crippen molar-refractivity contribution < 1.29 is 4.39 Å². The number of H-pyrrole nitrogens is 1. The molecule has 0 saturated heterocycles. The van der Waals surface area contributed by atoms with Gasteiger partial charge in [-0.15, -0.1) is 0 Å². The number of nitrogens with one attached hydrogen (secondary N) is 1. The maximum atomic E-state index is 14.2. The fourth-order valence-corrected chi connectivity index (χ4v) is 3.05. The molecule has 0 atom stereocenters. The van der Waals surface area contributed by atoms with Crippen molar-refractivity contribution in [2.45, 2.75) is 0 Å². The molecule has 0 fully saturated rings. The first-order chi connectivity index (χ1) is 10.3. The molecular weight excluding hydrogens is 271 g/mol. The van der Waals surface area contributed by atoms with Crippen molar-refractivity contribution in [1.82, 2.24) is 19.6 Å². The van der Waals surface area contributed by atoms with E-state index in [-0.39, 0.29) is 10.8 Å². The van der Waals surface area contributed by atoms with Crippen LogP contribution in [0.4, 0.5) is 4.39 Å². The van der Waals surface area contributed by atoms with Crippen molar-refractivity contribution in [2.75, 3.05) is 0 Å². The summed E-state index contributed by atoms with van der Waals surface area (Å²) in [6, 6.07) is 6.54. The van der Waals surface area contributed by atoms with Crippen molar-refractivity contribution >= 4 is 38.2 Å². The van der Waals surface area contributed by atoms with Crippen LogP contribution in [0.1, 0.15) is 0 Å². The molecule has 3 heterocycles. The minimum atomic E-state index is -0.527. The summed E-state index contributed by atoms with van der Waals surface area (Å²) in [5.41, 5.74) is 2.26. The zero-order valence-electron chi connectivity index (χ0n) is 10.6. The topological polar surface area (TPSA) is 63.1 Å². The van der Waals surface area contributed by atoms with Gasteiger partial charge in [-0.05, 0) is 24.3 Å². The number of aromatic amines is 1. The van der Waals surface area contributed by atoms with Crippen LogP contribution in [0.3, 0.4) is 0 Å². The highest BCUT2D eigenvalue weighted by Crippen LogP contribution is 2.28. The second kappa shape index (κ2) is 3.35. The lowest BCUT2D eigenvalue weighted by molar-refractivity contribution is 0.639. The highest BCUT2D eigenvalue weighted by Gasteiger charge is 2.18. The first-order valence-corrected chi connectivity index (χ1v) is 6.42. The molecule has 0 aliphatic rings. The van der Waals surface area contributed by atoms with Crippen LogP contribution in [0.5, 0.6) is 0 Å². The summed E-state index contributed by atoms with van der Waals surface area (Å²) < 4.78 is 16.0. The van der Waals surface area contributed by atoms with Gasteiger partial charge in [0.15, 0.2) is 0 Å². The van der Waals surface area contributed by atoms with Crippen molar-refractivity contribution in [2.24, 2.45) is 0 Å². The molecule has 21 heavy (non-hydrogen) atoms. The van der Waals surface area contributed by atoms with Crippen LogP contribution in [0.2, 0.25) is 0 Å². The van der Waals surface area contributed by atoms with Crippen LogP contribution < -0.4 is 5.43 Å². The molecule has 6 heteroatoms. The van der Waals surface area contributed by atoms with Crippen molar-refractivity contribution in [1.29, 1.82) is 0 Å². The molecule has 0 radical (unpaired) electrons. The van der Waals surface area contributed by atoms with E-state index in [1.54, 1.807) is 23.0 Å². The van der Waals surface area contributed by atoms with Gasteiger partial charge in [0.25, 0.3) is 0 Å². The fraction of sp³-hybridized carbons (Fsp3) is 0. The largest absolute Gasteiger partial charge is 0.297 e. The molecule has 0 aliphatic carbocycles. The second-order valence-electron chi connectivity index (χ2n) is 5.02. The molecule has 5 rings (SSSR count). The Morgan fingerprint density at radius 2 is 2.05 bits per heavy atom. The van der Waals surface area contributed by atoms with Crippen molar-refractivity contribution in [3.63, 3.8) is 0 Å². The van der Waals surface area contributed by atoms with E-state index < -0.39 is 5.82 Å². The Labute approximate surface area is 116 Å². The van der Waals surface area contributed by atoms with E-state index in [2.05, 4.69) is 15.2 Å². The molecule has 2 aromatic carbocycles.